The summed E-state index contributed by atoms with van der Waals surface area (Å²) in [4.78, 5) is 12.9. The van der Waals surface area contributed by atoms with Crippen molar-refractivity contribution in [1.82, 2.24) is 19.5 Å². The number of aromatic nitrogens is 4. The Hall–Kier alpha value is -1.62. The van der Waals surface area contributed by atoms with Crippen molar-refractivity contribution in [3.8, 4) is 0 Å². The lowest BCUT2D eigenvalue weighted by Crippen LogP contribution is -2.10. The van der Waals surface area contributed by atoms with Crippen LogP contribution in [0.1, 0.15) is 44.0 Å². The minimum Gasteiger partial charge on any atom is -0.370 e. The predicted molar refractivity (Wildman–Crippen MR) is 85.8 cm³/mol. The molecular formula is C15H22ClN5. The average Bonchev–Trinajstić information content (AvgIpc) is 2.95. The molecule has 2 aromatic heterocycles. The molecule has 5 nitrogen and oxygen atoms in total. The number of aryl methyl sites for hydroxylation is 1. The number of hydrogen-bond donors (Lipinski definition) is 1. The van der Waals surface area contributed by atoms with Crippen LogP contribution in [0.3, 0.4) is 0 Å². The monoisotopic (exact) mass is 307 g/mol. The lowest BCUT2D eigenvalue weighted by molar-refractivity contribution is 0.620. The Bertz CT molecular complexity index is 566. The highest BCUT2D eigenvalue weighted by molar-refractivity contribution is 6.30. The summed E-state index contributed by atoms with van der Waals surface area (Å²) in [7, 11) is 0. The van der Waals surface area contributed by atoms with E-state index in [-0.39, 0.29) is 5.92 Å². The molecule has 1 N–H and O–H groups in total. The molecule has 114 valence electrons. The standard InChI is InChI=1S/C15H22ClN5/c1-11(2)14-19-13(16)12(3)15(20-14)18-6-4-5-8-21-9-7-17-10-21/h7,9-11H,4-6,8H2,1-3H3,(H,18,19,20). The second kappa shape index (κ2) is 7.41. The van der Waals surface area contributed by atoms with Gasteiger partial charge in [-0.1, -0.05) is 25.4 Å². The summed E-state index contributed by atoms with van der Waals surface area (Å²) in [6, 6.07) is 0. The highest BCUT2D eigenvalue weighted by atomic mass is 35.5. The fourth-order valence-electron chi connectivity index (χ4n) is 1.98. The van der Waals surface area contributed by atoms with Gasteiger partial charge < -0.3 is 9.88 Å². The first-order chi connectivity index (χ1) is 10.1. The molecule has 0 aliphatic carbocycles. The second-order valence-corrected chi connectivity index (χ2v) is 5.79. The number of nitrogens with one attached hydrogen (secondary N) is 1. The number of hydrogen-bond acceptors (Lipinski definition) is 4. The zero-order chi connectivity index (χ0) is 15.2. The average molecular weight is 308 g/mol. The Morgan fingerprint density at radius 3 is 2.76 bits per heavy atom. The van der Waals surface area contributed by atoms with Gasteiger partial charge in [-0.05, 0) is 19.8 Å². The van der Waals surface area contributed by atoms with Gasteiger partial charge in [-0.25, -0.2) is 15.0 Å². The molecule has 2 rings (SSSR count). The number of anilines is 1. The van der Waals surface area contributed by atoms with E-state index in [1.807, 2.05) is 19.4 Å². The number of unbranched alkanes of at least 4 members (excludes halogenated alkanes) is 1. The van der Waals surface area contributed by atoms with E-state index in [0.717, 1.165) is 43.1 Å². The zero-order valence-electron chi connectivity index (χ0n) is 12.8. The SMILES string of the molecule is Cc1c(Cl)nc(C(C)C)nc1NCCCCn1ccnc1. The summed E-state index contributed by atoms with van der Waals surface area (Å²) in [6.07, 6.45) is 7.79. The maximum Gasteiger partial charge on any atom is 0.137 e. The van der Waals surface area contributed by atoms with E-state index in [9.17, 15) is 0 Å². The molecule has 21 heavy (non-hydrogen) atoms. The molecule has 0 aliphatic heterocycles. The summed E-state index contributed by atoms with van der Waals surface area (Å²) in [5.41, 5.74) is 0.913. The molecule has 0 amide bonds. The Morgan fingerprint density at radius 1 is 1.29 bits per heavy atom. The van der Waals surface area contributed by atoms with Gasteiger partial charge in [-0.15, -0.1) is 0 Å². The molecule has 0 aromatic carbocycles. The molecule has 0 radical (unpaired) electrons. The van der Waals surface area contributed by atoms with Crippen molar-refractivity contribution in [3.63, 3.8) is 0 Å². The van der Waals surface area contributed by atoms with Crippen LogP contribution >= 0.6 is 11.6 Å². The third-order valence-corrected chi connectivity index (χ3v) is 3.68. The van der Waals surface area contributed by atoms with Crippen molar-refractivity contribution in [1.29, 1.82) is 0 Å². The van der Waals surface area contributed by atoms with Gasteiger partial charge in [0.1, 0.15) is 16.8 Å². The van der Waals surface area contributed by atoms with Crippen molar-refractivity contribution in [2.45, 2.75) is 46.1 Å². The van der Waals surface area contributed by atoms with Crippen LogP contribution in [-0.4, -0.2) is 26.1 Å². The summed E-state index contributed by atoms with van der Waals surface area (Å²) in [5.74, 6) is 1.90. The van der Waals surface area contributed by atoms with Gasteiger partial charge in [0.2, 0.25) is 0 Å². The van der Waals surface area contributed by atoms with Crippen LogP contribution in [-0.2, 0) is 6.54 Å². The first-order valence-electron chi connectivity index (χ1n) is 7.31. The minimum absolute atomic E-state index is 0.268. The van der Waals surface area contributed by atoms with Crippen molar-refractivity contribution >= 4 is 17.4 Å². The number of rotatable bonds is 7. The van der Waals surface area contributed by atoms with Crippen molar-refractivity contribution in [2.75, 3.05) is 11.9 Å². The van der Waals surface area contributed by atoms with Gasteiger partial charge in [0.25, 0.3) is 0 Å². The molecule has 2 heterocycles. The van der Waals surface area contributed by atoms with E-state index in [1.54, 1.807) is 6.20 Å². The summed E-state index contributed by atoms with van der Waals surface area (Å²) >= 11 is 6.17. The Labute approximate surface area is 130 Å². The molecular weight excluding hydrogens is 286 g/mol. The zero-order valence-corrected chi connectivity index (χ0v) is 13.6. The summed E-state index contributed by atoms with van der Waals surface area (Å²) in [6.45, 7) is 7.94. The molecule has 0 saturated heterocycles. The Morgan fingerprint density at radius 2 is 2.10 bits per heavy atom. The van der Waals surface area contributed by atoms with Crippen LogP contribution < -0.4 is 5.32 Å². The largest absolute Gasteiger partial charge is 0.370 e. The smallest absolute Gasteiger partial charge is 0.137 e. The lowest BCUT2D eigenvalue weighted by atomic mass is 10.2. The van der Waals surface area contributed by atoms with Crippen molar-refractivity contribution in [2.24, 2.45) is 0 Å². The molecule has 0 unspecified atom stereocenters. The van der Waals surface area contributed by atoms with Crippen LogP contribution in [0.4, 0.5) is 5.82 Å². The van der Waals surface area contributed by atoms with Gasteiger partial charge in [0.15, 0.2) is 0 Å². The Balaban J connectivity index is 1.85. The normalized spacial score (nSPS) is 11.1. The maximum atomic E-state index is 6.17. The van der Waals surface area contributed by atoms with E-state index >= 15 is 0 Å². The number of imidazole rings is 1. The molecule has 0 aliphatic rings. The van der Waals surface area contributed by atoms with E-state index in [1.165, 1.54) is 0 Å². The first-order valence-corrected chi connectivity index (χ1v) is 7.69. The highest BCUT2D eigenvalue weighted by Crippen LogP contribution is 2.22. The van der Waals surface area contributed by atoms with Crippen LogP contribution in [0.15, 0.2) is 18.7 Å². The van der Waals surface area contributed by atoms with Gasteiger partial charge in [0, 0.05) is 37.0 Å². The minimum atomic E-state index is 0.268. The van der Waals surface area contributed by atoms with Gasteiger partial charge in [-0.3, -0.25) is 0 Å². The number of halogens is 1. The van der Waals surface area contributed by atoms with Gasteiger partial charge in [-0.2, -0.15) is 0 Å². The first kappa shape index (κ1) is 15.8. The Kier molecular flexibility index (Phi) is 5.56. The van der Waals surface area contributed by atoms with Crippen LogP contribution in [0.2, 0.25) is 5.15 Å². The maximum absolute atomic E-state index is 6.17. The van der Waals surface area contributed by atoms with Crippen molar-refractivity contribution < 1.29 is 0 Å². The second-order valence-electron chi connectivity index (χ2n) is 5.44. The summed E-state index contributed by atoms with van der Waals surface area (Å²) in [5, 5.41) is 3.91. The van der Waals surface area contributed by atoms with Crippen LogP contribution in [0.5, 0.6) is 0 Å². The van der Waals surface area contributed by atoms with Crippen LogP contribution in [0.25, 0.3) is 0 Å². The van der Waals surface area contributed by atoms with Crippen LogP contribution in [0, 0.1) is 6.92 Å². The van der Waals surface area contributed by atoms with Gasteiger partial charge >= 0.3 is 0 Å². The molecule has 0 spiro atoms. The molecule has 0 atom stereocenters. The molecule has 0 fully saturated rings. The van der Waals surface area contributed by atoms with E-state index < -0.39 is 0 Å². The molecule has 0 saturated carbocycles. The number of nitrogens with zero attached hydrogens (tertiary/aromatic N) is 4. The molecule has 6 heteroatoms. The fourth-order valence-corrected chi connectivity index (χ4v) is 2.16. The van der Waals surface area contributed by atoms with E-state index in [2.05, 4.69) is 38.7 Å². The topological polar surface area (TPSA) is 55.6 Å². The van der Waals surface area contributed by atoms with E-state index in [4.69, 9.17) is 11.6 Å². The van der Waals surface area contributed by atoms with Gasteiger partial charge in [0.05, 0.1) is 6.33 Å². The highest BCUT2D eigenvalue weighted by Gasteiger charge is 2.11. The lowest BCUT2D eigenvalue weighted by Gasteiger charge is -2.13. The predicted octanol–water partition coefficient (Wildman–Crippen LogP) is 3.65. The van der Waals surface area contributed by atoms with Crippen molar-refractivity contribution in [3.05, 3.63) is 35.3 Å². The third-order valence-electron chi connectivity index (χ3n) is 3.31. The van der Waals surface area contributed by atoms with E-state index in [0.29, 0.717) is 5.15 Å². The molecule has 0 bridgehead atoms. The summed E-state index contributed by atoms with van der Waals surface area (Å²) < 4.78 is 2.09. The fraction of sp³-hybridized carbons (Fsp3) is 0.533. The third kappa shape index (κ3) is 4.43. The quantitative estimate of drug-likeness (QED) is 0.626. The molecule has 2 aromatic rings.